The zero-order chi connectivity index (χ0) is 11.4. The van der Waals surface area contributed by atoms with Crippen LogP contribution in [0.25, 0.3) is 0 Å². The van der Waals surface area contributed by atoms with Gasteiger partial charge in [-0.1, -0.05) is 47.1 Å². The van der Waals surface area contributed by atoms with Gasteiger partial charge in [-0.15, -0.1) is 11.6 Å². The number of hydrogen-bond donors (Lipinski definition) is 0. The lowest BCUT2D eigenvalue weighted by Gasteiger charge is -2.38. The molecule has 3 heteroatoms. The molecule has 1 atom stereocenters. The highest BCUT2D eigenvalue weighted by atomic mass is 35.5. The molecule has 0 saturated heterocycles. The van der Waals surface area contributed by atoms with Crippen LogP contribution in [0.5, 0.6) is 0 Å². The van der Waals surface area contributed by atoms with Gasteiger partial charge in [0.1, 0.15) is 0 Å². The van der Waals surface area contributed by atoms with Crippen LogP contribution in [0.1, 0.15) is 41.5 Å². The van der Waals surface area contributed by atoms with Gasteiger partial charge in [0.2, 0.25) is 0 Å². The number of hydrogen-bond acceptors (Lipinski definition) is 1. The maximum Gasteiger partial charge on any atom is 0.0871 e. The monoisotopic (exact) mass is 235 g/mol. The second-order valence-corrected chi connectivity index (χ2v) is 9.42. The van der Waals surface area contributed by atoms with E-state index in [4.69, 9.17) is 11.6 Å². The largest absolute Gasteiger partial charge is 0.288 e. The quantitative estimate of drug-likeness (QED) is 0.389. The van der Waals surface area contributed by atoms with Gasteiger partial charge in [0.05, 0.1) is 5.50 Å². The maximum atomic E-state index is 6.54. The van der Waals surface area contributed by atoms with Gasteiger partial charge in [-0.2, -0.15) is 0 Å². The van der Waals surface area contributed by atoms with Gasteiger partial charge in [-0.05, 0) is 18.1 Å². The van der Waals surface area contributed by atoms with Gasteiger partial charge in [0.15, 0.2) is 0 Å². The van der Waals surface area contributed by atoms with Crippen LogP contribution < -0.4 is 0 Å². The molecule has 0 heterocycles. The van der Waals surface area contributed by atoms with E-state index in [9.17, 15) is 0 Å². The molecular formula is C11H26ClNSi. The molecule has 0 aromatic heterocycles. The molecule has 0 bridgehead atoms. The summed E-state index contributed by atoms with van der Waals surface area (Å²) in [6, 6.07) is 0. The zero-order valence-electron chi connectivity index (χ0n) is 10.6. The third-order valence-electron chi connectivity index (χ3n) is 2.71. The summed E-state index contributed by atoms with van der Waals surface area (Å²) in [5, 5.41) is 0.335. The zero-order valence-corrected chi connectivity index (χ0v) is 12.8. The standard InChI is InChI=1S/C11H26ClNSi/c1-7-13(8-2)10(12)11(5,6)14-9(3)4/h9-10H,7-8,14H2,1-6H3. The second-order valence-electron chi connectivity index (χ2n) is 5.14. The van der Waals surface area contributed by atoms with Gasteiger partial charge < -0.3 is 0 Å². The predicted octanol–water partition coefficient (Wildman–Crippen LogP) is 3.09. The summed E-state index contributed by atoms with van der Waals surface area (Å²) in [5.41, 5.74) is 1.06. The van der Waals surface area contributed by atoms with Crippen molar-refractivity contribution in [2.45, 2.75) is 57.6 Å². The van der Waals surface area contributed by atoms with Crippen LogP contribution in [-0.4, -0.2) is 33.0 Å². The molecule has 0 aromatic rings. The number of alkyl halides is 1. The first-order valence-corrected chi connectivity index (χ1v) is 7.69. The highest BCUT2D eigenvalue weighted by Gasteiger charge is 2.32. The second kappa shape index (κ2) is 6.14. The minimum absolute atomic E-state index is 0.108. The molecule has 0 saturated carbocycles. The molecule has 0 rings (SSSR count). The SMILES string of the molecule is CCN(CC)C(Cl)C(C)(C)[SiH2]C(C)C. The highest BCUT2D eigenvalue weighted by molar-refractivity contribution is 6.44. The average molecular weight is 236 g/mol. The van der Waals surface area contributed by atoms with Crippen molar-refractivity contribution < 1.29 is 0 Å². The summed E-state index contributed by atoms with van der Waals surface area (Å²) in [4.78, 5) is 2.36. The first-order valence-electron chi connectivity index (χ1n) is 5.73. The molecule has 1 nitrogen and oxygen atoms in total. The van der Waals surface area contributed by atoms with Gasteiger partial charge in [0.25, 0.3) is 0 Å². The molecule has 0 aromatic carbocycles. The molecule has 86 valence electrons. The van der Waals surface area contributed by atoms with Crippen molar-refractivity contribution in [1.82, 2.24) is 4.90 Å². The van der Waals surface area contributed by atoms with E-state index in [0.717, 1.165) is 18.6 Å². The van der Waals surface area contributed by atoms with Crippen molar-refractivity contribution in [3.05, 3.63) is 0 Å². The fourth-order valence-electron chi connectivity index (χ4n) is 2.19. The van der Waals surface area contributed by atoms with Gasteiger partial charge >= 0.3 is 0 Å². The molecule has 0 radical (unpaired) electrons. The van der Waals surface area contributed by atoms with Crippen LogP contribution in [0, 0.1) is 0 Å². The van der Waals surface area contributed by atoms with Crippen LogP contribution in [0.3, 0.4) is 0 Å². The van der Waals surface area contributed by atoms with Gasteiger partial charge in [0, 0.05) is 9.52 Å². The Kier molecular flexibility index (Phi) is 6.34. The fourth-order valence-corrected chi connectivity index (χ4v) is 5.29. The molecule has 1 unspecified atom stereocenters. The lowest BCUT2D eigenvalue weighted by atomic mass is 10.2. The summed E-state index contributed by atoms with van der Waals surface area (Å²) in [6.45, 7) is 15.8. The predicted molar refractivity (Wildman–Crippen MR) is 70.2 cm³/mol. The Labute approximate surface area is 97.0 Å². The topological polar surface area (TPSA) is 3.24 Å². The number of nitrogens with zero attached hydrogens (tertiary/aromatic N) is 1. The minimum Gasteiger partial charge on any atom is -0.288 e. The summed E-state index contributed by atoms with van der Waals surface area (Å²) in [5.74, 6) is 0. The molecule has 0 spiro atoms. The van der Waals surface area contributed by atoms with E-state index < -0.39 is 0 Å². The van der Waals surface area contributed by atoms with Crippen molar-refractivity contribution >= 4 is 21.1 Å². The van der Waals surface area contributed by atoms with E-state index in [1.807, 2.05) is 0 Å². The number of halogens is 1. The summed E-state index contributed by atoms with van der Waals surface area (Å²) in [6.07, 6.45) is 0. The highest BCUT2D eigenvalue weighted by Crippen LogP contribution is 2.36. The molecule has 0 aliphatic rings. The molecular weight excluding hydrogens is 210 g/mol. The van der Waals surface area contributed by atoms with Crippen LogP contribution in [0.2, 0.25) is 10.6 Å². The van der Waals surface area contributed by atoms with Gasteiger partial charge in [-0.25, -0.2) is 0 Å². The fraction of sp³-hybridized carbons (Fsp3) is 1.00. The van der Waals surface area contributed by atoms with Crippen molar-refractivity contribution in [2.24, 2.45) is 0 Å². The third-order valence-corrected chi connectivity index (χ3v) is 6.09. The van der Waals surface area contributed by atoms with Gasteiger partial charge in [-0.3, -0.25) is 4.90 Å². The first-order chi connectivity index (χ1) is 6.35. The normalized spacial score (nSPS) is 16.1. The molecule has 0 aliphatic carbocycles. The molecule has 14 heavy (non-hydrogen) atoms. The average Bonchev–Trinajstić information content (AvgIpc) is 2.04. The maximum absolute atomic E-state index is 6.54. The van der Waals surface area contributed by atoms with Crippen molar-refractivity contribution in [3.8, 4) is 0 Å². The Morgan fingerprint density at radius 2 is 1.64 bits per heavy atom. The van der Waals surface area contributed by atoms with E-state index in [-0.39, 0.29) is 15.0 Å². The molecule has 0 aliphatic heterocycles. The Morgan fingerprint density at radius 3 is 1.93 bits per heavy atom. The minimum atomic E-state index is -0.108. The lowest BCUT2D eigenvalue weighted by Crippen LogP contribution is -2.40. The summed E-state index contributed by atoms with van der Waals surface area (Å²) in [7, 11) is -0.108. The Morgan fingerprint density at radius 1 is 1.21 bits per heavy atom. The van der Waals surface area contributed by atoms with E-state index in [0.29, 0.717) is 5.04 Å². The molecule has 0 fully saturated rings. The van der Waals surface area contributed by atoms with Crippen molar-refractivity contribution in [2.75, 3.05) is 13.1 Å². The van der Waals surface area contributed by atoms with E-state index >= 15 is 0 Å². The molecule has 0 N–H and O–H groups in total. The van der Waals surface area contributed by atoms with Crippen molar-refractivity contribution in [3.63, 3.8) is 0 Å². The Hall–Kier alpha value is 0.467. The number of rotatable bonds is 6. The van der Waals surface area contributed by atoms with E-state index in [1.54, 1.807) is 0 Å². The lowest BCUT2D eigenvalue weighted by molar-refractivity contribution is 0.241. The van der Waals surface area contributed by atoms with E-state index in [1.165, 1.54) is 0 Å². The Balaban J connectivity index is 4.38. The smallest absolute Gasteiger partial charge is 0.0871 e. The molecule has 0 amide bonds. The van der Waals surface area contributed by atoms with Crippen LogP contribution in [-0.2, 0) is 0 Å². The van der Waals surface area contributed by atoms with Crippen LogP contribution >= 0.6 is 11.6 Å². The summed E-state index contributed by atoms with van der Waals surface area (Å²) >= 11 is 6.54. The van der Waals surface area contributed by atoms with E-state index in [2.05, 4.69) is 46.4 Å². The van der Waals surface area contributed by atoms with Crippen LogP contribution in [0.15, 0.2) is 0 Å². The third kappa shape index (κ3) is 4.33. The first kappa shape index (κ1) is 14.5. The van der Waals surface area contributed by atoms with Crippen molar-refractivity contribution in [1.29, 1.82) is 0 Å². The summed E-state index contributed by atoms with van der Waals surface area (Å²) < 4.78 is 0. The van der Waals surface area contributed by atoms with Crippen LogP contribution in [0.4, 0.5) is 0 Å². The Bertz CT molecular complexity index is 155.